The number of nitrogens with two attached hydrogens (primary N) is 1. The molecule has 2 N–H and O–H groups in total. The zero-order chi connectivity index (χ0) is 21.3. The van der Waals surface area contributed by atoms with E-state index in [1.807, 2.05) is 0 Å². The van der Waals surface area contributed by atoms with Gasteiger partial charge in [0.15, 0.2) is 0 Å². The van der Waals surface area contributed by atoms with Crippen molar-refractivity contribution in [1.82, 2.24) is 4.90 Å². The molecular weight excluding hydrogens is 386 g/mol. The molecule has 0 radical (unpaired) electrons. The van der Waals surface area contributed by atoms with Crippen LogP contribution < -0.4 is 16.3 Å². The number of hydrogen-bond acceptors (Lipinski definition) is 5. The van der Waals surface area contributed by atoms with Gasteiger partial charge in [0.1, 0.15) is 17.8 Å². The molecule has 2 heterocycles. The molecule has 8 heteroatoms. The van der Waals surface area contributed by atoms with Crippen LogP contribution in [0.2, 0.25) is 0 Å². The van der Waals surface area contributed by atoms with Gasteiger partial charge in [-0.3, -0.25) is 19.3 Å². The van der Waals surface area contributed by atoms with Gasteiger partial charge in [-0.15, -0.1) is 0 Å². The van der Waals surface area contributed by atoms with Crippen LogP contribution in [0.25, 0.3) is 11.0 Å². The number of likely N-dealkylation sites (tertiary alicyclic amines) is 1. The molecule has 2 aromatic carbocycles. The van der Waals surface area contributed by atoms with E-state index >= 15 is 0 Å². The van der Waals surface area contributed by atoms with Gasteiger partial charge in [0.05, 0.1) is 0 Å². The van der Waals surface area contributed by atoms with Crippen LogP contribution in [0.15, 0.2) is 63.8 Å². The molecule has 3 aromatic rings. The minimum Gasteiger partial charge on any atom is -0.422 e. The normalized spacial score (nSPS) is 13.6. The molecule has 0 saturated carbocycles. The maximum absolute atomic E-state index is 13.4. The highest BCUT2D eigenvalue weighted by Crippen LogP contribution is 2.22. The van der Waals surface area contributed by atoms with E-state index in [9.17, 15) is 19.2 Å². The third-order valence-electron chi connectivity index (χ3n) is 5.06. The summed E-state index contributed by atoms with van der Waals surface area (Å²) in [6.45, 7) is 0.508. The zero-order valence-electron chi connectivity index (χ0n) is 16.0. The Morgan fingerprint density at radius 1 is 1.07 bits per heavy atom. The molecule has 0 bridgehead atoms. The molecule has 0 atom stereocenters. The number of para-hydroxylation sites is 1. The summed E-state index contributed by atoms with van der Waals surface area (Å²) < 4.78 is 5.30. The van der Waals surface area contributed by atoms with E-state index in [4.69, 9.17) is 10.2 Å². The van der Waals surface area contributed by atoms with E-state index in [1.54, 1.807) is 41.3 Å². The van der Waals surface area contributed by atoms with E-state index in [-0.39, 0.29) is 23.7 Å². The van der Waals surface area contributed by atoms with Crippen molar-refractivity contribution in [3.63, 3.8) is 0 Å². The smallest absolute Gasteiger partial charge is 0.349 e. The second kappa shape index (κ2) is 7.82. The number of anilines is 1. The average molecular weight is 405 g/mol. The molecule has 1 fully saturated rings. The summed E-state index contributed by atoms with van der Waals surface area (Å²) in [7, 11) is 0. The number of amides is 3. The predicted molar refractivity (Wildman–Crippen MR) is 110 cm³/mol. The minimum atomic E-state index is -0.759. The Bertz CT molecular complexity index is 1200. The lowest BCUT2D eigenvalue weighted by molar-refractivity contribution is -0.127. The second-order valence-electron chi connectivity index (χ2n) is 7.03. The van der Waals surface area contributed by atoms with Crippen LogP contribution in [0, 0.1) is 0 Å². The van der Waals surface area contributed by atoms with Crippen LogP contribution in [0.1, 0.15) is 33.6 Å². The molecule has 0 unspecified atom stereocenters. The van der Waals surface area contributed by atoms with Crippen molar-refractivity contribution >= 4 is 34.4 Å². The summed E-state index contributed by atoms with van der Waals surface area (Å²) in [5.41, 5.74) is 5.48. The van der Waals surface area contributed by atoms with Gasteiger partial charge in [-0.05, 0) is 42.8 Å². The first-order valence-electron chi connectivity index (χ1n) is 9.46. The maximum Gasteiger partial charge on any atom is 0.349 e. The van der Waals surface area contributed by atoms with E-state index in [0.29, 0.717) is 36.0 Å². The second-order valence-corrected chi connectivity index (χ2v) is 7.03. The number of benzene rings is 2. The Kier molecular flexibility index (Phi) is 5.05. The molecule has 1 aromatic heterocycles. The van der Waals surface area contributed by atoms with Crippen LogP contribution in [0.5, 0.6) is 0 Å². The highest BCUT2D eigenvalue weighted by molar-refractivity contribution is 6.07. The van der Waals surface area contributed by atoms with Crippen LogP contribution in [-0.4, -0.2) is 35.8 Å². The number of fused-ring (bicyclic) bond motifs is 1. The Labute approximate surface area is 171 Å². The van der Waals surface area contributed by atoms with Gasteiger partial charge >= 0.3 is 5.63 Å². The van der Waals surface area contributed by atoms with E-state index in [2.05, 4.69) is 0 Å². The summed E-state index contributed by atoms with van der Waals surface area (Å²) in [5, 5.41) is 0.613. The van der Waals surface area contributed by atoms with E-state index in [1.165, 1.54) is 23.1 Å². The lowest BCUT2D eigenvalue weighted by atomic mass is 10.1. The Morgan fingerprint density at radius 3 is 2.47 bits per heavy atom. The first-order valence-corrected chi connectivity index (χ1v) is 9.46. The summed E-state index contributed by atoms with van der Waals surface area (Å²) in [6.07, 6.45) is 1.13. The molecule has 152 valence electrons. The van der Waals surface area contributed by atoms with E-state index in [0.717, 1.165) is 0 Å². The molecule has 8 nitrogen and oxygen atoms in total. The Balaban J connectivity index is 1.75. The highest BCUT2D eigenvalue weighted by Gasteiger charge is 2.28. The molecule has 3 amide bonds. The standard InChI is InChI=1S/C22H19N3O5/c23-20(27)14-7-9-16(10-8-14)25(13-24-11-3-6-19(24)26)21(28)17-12-15-4-1-2-5-18(15)30-22(17)29/h1-2,4-5,7-10,12H,3,6,11,13H2,(H2,23,27). The lowest BCUT2D eigenvalue weighted by Crippen LogP contribution is -2.43. The number of carbonyl (C=O) groups is 3. The van der Waals surface area contributed by atoms with E-state index < -0.39 is 17.4 Å². The fraction of sp³-hybridized carbons (Fsp3) is 0.182. The summed E-state index contributed by atoms with van der Waals surface area (Å²) >= 11 is 0. The number of rotatable bonds is 5. The molecule has 1 saturated heterocycles. The minimum absolute atomic E-state index is 0.0140. The van der Waals surface area contributed by atoms with Gasteiger partial charge in [-0.2, -0.15) is 0 Å². The van der Waals surface area contributed by atoms with Crippen molar-refractivity contribution in [2.24, 2.45) is 5.73 Å². The largest absolute Gasteiger partial charge is 0.422 e. The Morgan fingerprint density at radius 2 is 1.80 bits per heavy atom. The van der Waals surface area contributed by atoms with Crippen molar-refractivity contribution < 1.29 is 18.8 Å². The maximum atomic E-state index is 13.4. The fourth-order valence-electron chi connectivity index (χ4n) is 3.45. The van der Waals surface area contributed by atoms with Crippen LogP contribution >= 0.6 is 0 Å². The number of hydrogen-bond donors (Lipinski definition) is 1. The number of nitrogens with zero attached hydrogens (tertiary/aromatic N) is 2. The molecule has 0 aliphatic carbocycles. The van der Waals surface area contributed by atoms with Gasteiger partial charge in [0, 0.05) is 29.6 Å². The highest BCUT2D eigenvalue weighted by atomic mass is 16.4. The third-order valence-corrected chi connectivity index (χ3v) is 5.06. The van der Waals surface area contributed by atoms with Crippen LogP contribution in [0.4, 0.5) is 5.69 Å². The van der Waals surface area contributed by atoms with Crippen LogP contribution in [0.3, 0.4) is 0 Å². The average Bonchev–Trinajstić information content (AvgIpc) is 3.15. The van der Waals surface area contributed by atoms with Crippen molar-refractivity contribution in [3.8, 4) is 0 Å². The molecule has 1 aliphatic rings. The SMILES string of the molecule is NC(=O)c1ccc(N(CN2CCCC2=O)C(=O)c2cc3ccccc3oc2=O)cc1. The molecule has 1 aliphatic heterocycles. The summed E-state index contributed by atoms with van der Waals surface area (Å²) in [6, 6.07) is 14.5. The summed E-state index contributed by atoms with van der Waals surface area (Å²) in [5.74, 6) is -1.25. The molecular formula is C22H19N3O5. The summed E-state index contributed by atoms with van der Waals surface area (Å²) in [4.78, 5) is 52.2. The van der Waals surface area contributed by atoms with Gasteiger partial charge in [0.2, 0.25) is 11.8 Å². The lowest BCUT2D eigenvalue weighted by Gasteiger charge is -2.28. The quantitative estimate of drug-likeness (QED) is 0.653. The van der Waals surface area contributed by atoms with Gasteiger partial charge in [-0.1, -0.05) is 18.2 Å². The van der Waals surface area contributed by atoms with Crippen LogP contribution in [-0.2, 0) is 4.79 Å². The Hall–Kier alpha value is -3.94. The van der Waals surface area contributed by atoms with Gasteiger partial charge in [0.25, 0.3) is 5.91 Å². The molecule has 0 spiro atoms. The zero-order valence-corrected chi connectivity index (χ0v) is 16.0. The monoisotopic (exact) mass is 405 g/mol. The third kappa shape index (κ3) is 3.67. The number of carbonyl (C=O) groups excluding carboxylic acids is 3. The molecule has 4 rings (SSSR count). The van der Waals surface area contributed by atoms with Crippen molar-refractivity contribution in [2.45, 2.75) is 12.8 Å². The fourth-order valence-corrected chi connectivity index (χ4v) is 3.45. The van der Waals surface area contributed by atoms with Gasteiger partial charge in [-0.25, -0.2) is 4.79 Å². The predicted octanol–water partition coefficient (Wildman–Crippen LogP) is 2.12. The van der Waals surface area contributed by atoms with Gasteiger partial charge < -0.3 is 15.1 Å². The van der Waals surface area contributed by atoms with Crippen molar-refractivity contribution in [2.75, 3.05) is 18.1 Å². The first kappa shape index (κ1) is 19.4. The van der Waals surface area contributed by atoms with Crippen molar-refractivity contribution in [1.29, 1.82) is 0 Å². The first-order chi connectivity index (χ1) is 14.4. The number of primary amides is 1. The topological polar surface area (TPSA) is 114 Å². The van der Waals surface area contributed by atoms with Crippen molar-refractivity contribution in [3.05, 3.63) is 76.1 Å². The molecule has 30 heavy (non-hydrogen) atoms.